The van der Waals surface area contributed by atoms with Crippen molar-refractivity contribution in [1.82, 2.24) is 10.2 Å². The van der Waals surface area contributed by atoms with Gasteiger partial charge in [-0.15, -0.1) is 0 Å². The molecule has 0 aromatic heterocycles. The van der Waals surface area contributed by atoms with E-state index >= 15 is 0 Å². The monoisotopic (exact) mass is 532 g/mol. The van der Waals surface area contributed by atoms with Gasteiger partial charge in [-0.05, 0) is 41.0 Å². The summed E-state index contributed by atoms with van der Waals surface area (Å²) in [6.07, 6.45) is 0.459. The molecule has 166 valence electrons. The zero-order valence-corrected chi connectivity index (χ0v) is 20.6. The second-order valence-corrected chi connectivity index (χ2v) is 9.14. The van der Waals surface area contributed by atoms with Crippen LogP contribution in [-0.4, -0.2) is 29.8 Å². The molecule has 3 rings (SSSR count). The molecular formula is C25H23BrCl2N2O2. The number of nitrogens with one attached hydrogen (secondary N) is 1. The van der Waals surface area contributed by atoms with Crippen LogP contribution in [0.3, 0.4) is 0 Å². The van der Waals surface area contributed by atoms with E-state index in [1.165, 1.54) is 0 Å². The van der Waals surface area contributed by atoms with Crippen molar-refractivity contribution in [3.8, 4) is 0 Å². The van der Waals surface area contributed by atoms with Crippen molar-refractivity contribution in [2.75, 3.05) is 7.05 Å². The molecule has 0 unspecified atom stereocenters. The molecule has 3 aromatic rings. The minimum absolute atomic E-state index is 0.0618. The highest BCUT2D eigenvalue weighted by molar-refractivity contribution is 9.10. The number of likely N-dealkylation sites (N-methyl/N-ethyl adjacent to an activating group) is 1. The van der Waals surface area contributed by atoms with Gasteiger partial charge in [-0.1, -0.05) is 87.7 Å². The number of halogens is 3. The molecule has 4 nitrogen and oxygen atoms in total. The molecule has 1 N–H and O–H groups in total. The summed E-state index contributed by atoms with van der Waals surface area (Å²) in [4.78, 5) is 28.1. The lowest BCUT2D eigenvalue weighted by atomic mass is 10.0. The van der Waals surface area contributed by atoms with Gasteiger partial charge in [0.15, 0.2) is 0 Å². The summed E-state index contributed by atoms with van der Waals surface area (Å²) in [5, 5.41) is 3.64. The van der Waals surface area contributed by atoms with E-state index in [1.54, 1.807) is 30.1 Å². The average molecular weight is 534 g/mol. The predicted molar refractivity (Wildman–Crippen MR) is 133 cm³/mol. The fourth-order valence-electron chi connectivity index (χ4n) is 3.48. The molecular weight excluding hydrogens is 511 g/mol. The van der Waals surface area contributed by atoms with Crippen LogP contribution < -0.4 is 5.32 Å². The van der Waals surface area contributed by atoms with Gasteiger partial charge in [0, 0.05) is 34.5 Å². The second kappa shape index (κ2) is 11.5. The van der Waals surface area contributed by atoms with Crippen LogP contribution in [0.15, 0.2) is 77.3 Å². The molecule has 0 aliphatic carbocycles. The van der Waals surface area contributed by atoms with Crippen molar-refractivity contribution in [2.45, 2.75) is 25.4 Å². The zero-order valence-electron chi connectivity index (χ0n) is 17.5. The molecule has 0 saturated carbocycles. The number of rotatable bonds is 8. The van der Waals surface area contributed by atoms with Gasteiger partial charge in [-0.3, -0.25) is 9.59 Å². The first-order valence-electron chi connectivity index (χ1n) is 10.1. The number of nitrogens with zero attached hydrogens (tertiary/aromatic N) is 1. The van der Waals surface area contributed by atoms with Crippen molar-refractivity contribution in [3.63, 3.8) is 0 Å². The fraction of sp³-hybridized carbons (Fsp3) is 0.200. The summed E-state index contributed by atoms with van der Waals surface area (Å²) in [7, 11) is 1.58. The maximum Gasteiger partial charge on any atom is 0.242 e. The van der Waals surface area contributed by atoms with Crippen LogP contribution in [0.4, 0.5) is 0 Å². The third-order valence-corrected chi connectivity index (χ3v) is 6.20. The molecule has 0 fully saturated rings. The third-order valence-electron chi connectivity index (χ3n) is 5.12. The molecule has 0 heterocycles. The van der Waals surface area contributed by atoms with Crippen LogP contribution in [0, 0.1) is 0 Å². The van der Waals surface area contributed by atoms with Crippen LogP contribution in [0.2, 0.25) is 10.0 Å². The highest BCUT2D eigenvalue weighted by atomic mass is 79.9. The molecule has 0 spiro atoms. The quantitative estimate of drug-likeness (QED) is 0.404. The lowest BCUT2D eigenvalue weighted by Crippen LogP contribution is -2.50. The standard InChI is InChI=1S/C25H23BrCl2N2O2/c1-29-25(32)23(13-17-6-3-2-4-7-17)30(16-18-8-5-9-20(26)12-18)24(31)14-19-10-11-21(27)15-22(19)28/h2-12,15,23H,13-14,16H2,1H3,(H,29,32)/t23-/m0/s1. The highest BCUT2D eigenvalue weighted by Gasteiger charge is 2.30. The van der Waals surface area contributed by atoms with Crippen LogP contribution >= 0.6 is 39.1 Å². The molecule has 1 atom stereocenters. The normalized spacial score (nSPS) is 11.6. The van der Waals surface area contributed by atoms with E-state index in [0.29, 0.717) is 22.0 Å². The van der Waals surface area contributed by atoms with Gasteiger partial charge in [0.25, 0.3) is 0 Å². The summed E-state index contributed by atoms with van der Waals surface area (Å²) in [6, 6.07) is 21.8. The molecule has 0 aliphatic heterocycles. The van der Waals surface area contributed by atoms with Gasteiger partial charge in [0.2, 0.25) is 11.8 Å². The Kier molecular flexibility index (Phi) is 8.74. The van der Waals surface area contributed by atoms with Gasteiger partial charge in [-0.25, -0.2) is 0 Å². The van der Waals surface area contributed by atoms with E-state index in [1.807, 2.05) is 54.6 Å². The molecule has 0 aliphatic rings. The molecule has 32 heavy (non-hydrogen) atoms. The van der Waals surface area contributed by atoms with Gasteiger partial charge >= 0.3 is 0 Å². The lowest BCUT2D eigenvalue weighted by molar-refractivity contribution is -0.140. The molecule has 0 radical (unpaired) electrons. The van der Waals surface area contributed by atoms with Gasteiger partial charge < -0.3 is 10.2 Å². The van der Waals surface area contributed by atoms with Crippen molar-refractivity contribution in [1.29, 1.82) is 0 Å². The van der Waals surface area contributed by atoms with E-state index in [9.17, 15) is 9.59 Å². The lowest BCUT2D eigenvalue weighted by Gasteiger charge is -2.31. The first-order valence-corrected chi connectivity index (χ1v) is 11.7. The Hall–Kier alpha value is -2.34. The van der Waals surface area contributed by atoms with Crippen molar-refractivity contribution >= 4 is 50.9 Å². The van der Waals surface area contributed by atoms with Crippen LogP contribution in [0.5, 0.6) is 0 Å². The largest absolute Gasteiger partial charge is 0.357 e. The Morgan fingerprint density at radius 1 is 0.969 bits per heavy atom. The third kappa shape index (κ3) is 6.58. The van der Waals surface area contributed by atoms with Gasteiger partial charge in [-0.2, -0.15) is 0 Å². The summed E-state index contributed by atoms with van der Waals surface area (Å²) in [6.45, 7) is 0.286. The summed E-state index contributed by atoms with van der Waals surface area (Å²) in [5.74, 6) is -0.418. The number of hydrogen-bond acceptors (Lipinski definition) is 2. The van der Waals surface area contributed by atoms with E-state index in [0.717, 1.165) is 15.6 Å². The summed E-state index contributed by atoms with van der Waals surface area (Å²) >= 11 is 15.8. The van der Waals surface area contributed by atoms with E-state index in [2.05, 4.69) is 21.2 Å². The second-order valence-electron chi connectivity index (χ2n) is 7.38. The van der Waals surface area contributed by atoms with Crippen molar-refractivity contribution < 1.29 is 9.59 Å². The predicted octanol–water partition coefficient (Wildman–Crippen LogP) is 5.68. The number of carbonyl (C=O) groups is 2. The van der Waals surface area contributed by atoms with Gasteiger partial charge in [0.1, 0.15) is 6.04 Å². The van der Waals surface area contributed by atoms with Crippen molar-refractivity contribution in [3.05, 3.63) is 104 Å². The maximum absolute atomic E-state index is 13.5. The van der Waals surface area contributed by atoms with Crippen LogP contribution in [0.1, 0.15) is 16.7 Å². The summed E-state index contributed by atoms with van der Waals surface area (Å²) < 4.78 is 0.905. The topological polar surface area (TPSA) is 49.4 Å². The molecule has 0 bridgehead atoms. The van der Waals surface area contributed by atoms with E-state index < -0.39 is 6.04 Å². The van der Waals surface area contributed by atoms with E-state index in [4.69, 9.17) is 23.2 Å². The smallest absolute Gasteiger partial charge is 0.242 e. The Balaban J connectivity index is 1.96. The minimum Gasteiger partial charge on any atom is -0.357 e. The zero-order chi connectivity index (χ0) is 23.1. The van der Waals surface area contributed by atoms with Crippen LogP contribution in [0.25, 0.3) is 0 Å². The Morgan fingerprint density at radius 3 is 2.34 bits per heavy atom. The molecule has 2 amide bonds. The SMILES string of the molecule is CNC(=O)[C@H](Cc1ccccc1)N(Cc1cccc(Br)c1)C(=O)Cc1ccc(Cl)cc1Cl. The Labute approximate surface area is 206 Å². The van der Waals surface area contributed by atoms with E-state index in [-0.39, 0.29) is 24.8 Å². The Morgan fingerprint density at radius 2 is 1.69 bits per heavy atom. The number of hydrogen-bond donors (Lipinski definition) is 1. The first kappa shape index (κ1) is 24.3. The molecule has 0 saturated heterocycles. The first-order chi connectivity index (χ1) is 15.4. The van der Waals surface area contributed by atoms with Crippen molar-refractivity contribution in [2.24, 2.45) is 0 Å². The average Bonchev–Trinajstić information content (AvgIpc) is 2.78. The maximum atomic E-state index is 13.5. The summed E-state index contributed by atoms with van der Waals surface area (Å²) in [5.41, 5.74) is 2.55. The van der Waals surface area contributed by atoms with Crippen LogP contribution in [-0.2, 0) is 29.0 Å². The molecule has 7 heteroatoms. The number of amides is 2. The number of carbonyl (C=O) groups excluding carboxylic acids is 2. The highest BCUT2D eigenvalue weighted by Crippen LogP contribution is 2.24. The minimum atomic E-state index is -0.681. The number of benzene rings is 3. The fourth-order valence-corrected chi connectivity index (χ4v) is 4.40. The Bertz CT molecular complexity index is 1090. The molecule has 3 aromatic carbocycles. The van der Waals surface area contributed by atoms with Gasteiger partial charge in [0.05, 0.1) is 6.42 Å².